The molecule has 0 aliphatic rings. The minimum absolute atomic E-state index is 0.520. The summed E-state index contributed by atoms with van der Waals surface area (Å²) in [6.45, 7) is 4.70. The fraction of sp³-hybridized carbons (Fsp3) is 0.545. The van der Waals surface area contributed by atoms with Gasteiger partial charge < -0.3 is 5.73 Å². The highest BCUT2D eigenvalue weighted by molar-refractivity contribution is 9.10. The monoisotopic (exact) mass is 312 g/mol. The maximum atomic E-state index is 5.83. The summed E-state index contributed by atoms with van der Waals surface area (Å²) in [7, 11) is 1.92. The highest BCUT2D eigenvalue weighted by Crippen LogP contribution is 2.22. The van der Waals surface area contributed by atoms with E-state index in [1.807, 2.05) is 23.3 Å². The van der Waals surface area contributed by atoms with E-state index in [-0.39, 0.29) is 0 Å². The molecule has 0 unspecified atom stereocenters. The van der Waals surface area contributed by atoms with Crippen molar-refractivity contribution < 1.29 is 0 Å². The minimum atomic E-state index is 0.520. The van der Waals surface area contributed by atoms with E-state index in [0.29, 0.717) is 12.4 Å². The second-order valence-corrected chi connectivity index (χ2v) is 5.09. The number of hydrogen-bond acceptors (Lipinski definition) is 4. The van der Waals surface area contributed by atoms with Crippen LogP contribution < -0.4 is 5.73 Å². The Bertz CT molecular complexity index is 556. The molecule has 0 saturated carbocycles. The predicted octanol–water partition coefficient (Wildman–Crippen LogP) is 1.67. The van der Waals surface area contributed by atoms with Gasteiger partial charge in [-0.15, -0.1) is 5.10 Å². The molecule has 0 bridgehead atoms. The number of halogens is 1. The minimum Gasteiger partial charge on any atom is -0.381 e. The quantitative estimate of drug-likeness (QED) is 0.931. The normalized spacial score (nSPS) is 11.1. The first-order chi connectivity index (χ1) is 8.54. The second-order valence-electron chi connectivity index (χ2n) is 4.30. The molecule has 2 N–H and O–H groups in total. The summed E-state index contributed by atoms with van der Waals surface area (Å²) in [6, 6.07) is 0. The molecule has 2 aromatic rings. The van der Waals surface area contributed by atoms with Crippen LogP contribution in [0.1, 0.15) is 30.4 Å². The third-order valence-corrected chi connectivity index (χ3v) is 3.95. The van der Waals surface area contributed by atoms with Gasteiger partial charge >= 0.3 is 0 Å². The molecule has 0 spiro atoms. The van der Waals surface area contributed by atoms with Crippen molar-refractivity contribution >= 4 is 21.7 Å². The third kappa shape index (κ3) is 2.27. The van der Waals surface area contributed by atoms with Crippen molar-refractivity contribution in [3.05, 3.63) is 21.6 Å². The van der Waals surface area contributed by atoms with E-state index >= 15 is 0 Å². The molecule has 0 radical (unpaired) electrons. The van der Waals surface area contributed by atoms with Crippen LogP contribution in [0.15, 0.2) is 4.47 Å². The van der Waals surface area contributed by atoms with Crippen LogP contribution in [-0.2, 0) is 20.0 Å². The van der Waals surface area contributed by atoms with Crippen LogP contribution >= 0.6 is 15.9 Å². The van der Waals surface area contributed by atoms with E-state index in [4.69, 9.17) is 5.73 Å². The van der Waals surface area contributed by atoms with Crippen molar-refractivity contribution in [1.82, 2.24) is 24.8 Å². The number of nitrogens with two attached hydrogens (primary N) is 1. The van der Waals surface area contributed by atoms with Gasteiger partial charge in [-0.25, -0.2) is 4.68 Å². The Morgan fingerprint density at radius 1 is 1.33 bits per heavy atom. The van der Waals surface area contributed by atoms with Crippen LogP contribution in [0.25, 0.3) is 0 Å². The smallest absolute Gasteiger partial charge is 0.169 e. The average Bonchev–Trinajstić information content (AvgIpc) is 2.78. The van der Waals surface area contributed by atoms with Gasteiger partial charge in [0.25, 0.3) is 0 Å². The molecule has 0 atom stereocenters. The number of nitrogen functional groups attached to an aromatic ring is 1. The maximum absolute atomic E-state index is 5.83. The van der Waals surface area contributed by atoms with Crippen molar-refractivity contribution in [1.29, 1.82) is 0 Å². The van der Waals surface area contributed by atoms with E-state index < -0.39 is 0 Å². The molecule has 0 aromatic carbocycles. The molecule has 98 valence electrons. The van der Waals surface area contributed by atoms with Crippen molar-refractivity contribution in [3.63, 3.8) is 0 Å². The van der Waals surface area contributed by atoms with E-state index in [0.717, 1.165) is 34.4 Å². The third-order valence-electron chi connectivity index (χ3n) is 2.92. The molecule has 18 heavy (non-hydrogen) atoms. The summed E-state index contributed by atoms with van der Waals surface area (Å²) in [5, 5.41) is 12.4. The van der Waals surface area contributed by atoms with E-state index in [1.54, 1.807) is 0 Å². The molecule has 2 aromatic heterocycles. The summed E-state index contributed by atoms with van der Waals surface area (Å²) in [5.74, 6) is 0.520. The van der Waals surface area contributed by atoms with Crippen LogP contribution in [0.4, 0.5) is 5.82 Å². The van der Waals surface area contributed by atoms with Crippen molar-refractivity contribution in [2.75, 3.05) is 5.73 Å². The number of anilines is 1. The SMILES string of the molecule is CCCc1c(N)nnn1Cc1c(Br)c(C)nn1C. The molecule has 2 heterocycles. The van der Waals surface area contributed by atoms with Gasteiger partial charge in [-0.3, -0.25) is 4.68 Å². The van der Waals surface area contributed by atoms with Gasteiger partial charge in [0.05, 0.1) is 28.1 Å². The van der Waals surface area contributed by atoms with Gasteiger partial charge in [0.15, 0.2) is 5.82 Å². The van der Waals surface area contributed by atoms with Gasteiger partial charge in [-0.2, -0.15) is 5.10 Å². The first kappa shape index (κ1) is 13.1. The maximum Gasteiger partial charge on any atom is 0.169 e. The molecule has 6 nitrogen and oxygen atoms in total. The summed E-state index contributed by atoms with van der Waals surface area (Å²) in [6.07, 6.45) is 1.90. The Hall–Kier alpha value is -1.37. The number of hydrogen-bond donors (Lipinski definition) is 1. The molecule has 0 saturated heterocycles. The average molecular weight is 313 g/mol. The van der Waals surface area contributed by atoms with Crippen molar-refractivity contribution in [2.45, 2.75) is 33.2 Å². The summed E-state index contributed by atoms with van der Waals surface area (Å²) < 4.78 is 4.72. The zero-order valence-corrected chi connectivity index (χ0v) is 12.4. The summed E-state index contributed by atoms with van der Waals surface area (Å²) in [5.41, 5.74) is 8.86. The molecule has 0 aliphatic carbocycles. The number of rotatable bonds is 4. The lowest BCUT2D eigenvalue weighted by atomic mass is 10.2. The fourth-order valence-corrected chi connectivity index (χ4v) is 2.42. The highest BCUT2D eigenvalue weighted by Gasteiger charge is 2.15. The molecule has 0 aliphatic heterocycles. The van der Waals surface area contributed by atoms with Gasteiger partial charge in [0.2, 0.25) is 0 Å². The topological polar surface area (TPSA) is 74.6 Å². The van der Waals surface area contributed by atoms with Gasteiger partial charge in [0, 0.05) is 7.05 Å². The zero-order chi connectivity index (χ0) is 13.3. The van der Waals surface area contributed by atoms with Crippen LogP contribution in [0.5, 0.6) is 0 Å². The highest BCUT2D eigenvalue weighted by atomic mass is 79.9. The fourth-order valence-electron chi connectivity index (χ4n) is 1.96. The predicted molar refractivity (Wildman–Crippen MR) is 73.2 cm³/mol. The van der Waals surface area contributed by atoms with Gasteiger partial charge in [0.1, 0.15) is 0 Å². The van der Waals surface area contributed by atoms with Crippen molar-refractivity contribution in [3.8, 4) is 0 Å². The molecular weight excluding hydrogens is 296 g/mol. The van der Waals surface area contributed by atoms with Gasteiger partial charge in [-0.1, -0.05) is 18.6 Å². The Labute approximate surface area is 114 Å². The van der Waals surface area contributed by atoms with E-state index in [2.05, 4.69) is 38.3 Å². The lowest BCUT2D eigenvalue weighted by Crippen LogP contribution is -2.11. The van der Waals surface area contributed by atoms with Crippen LogP contribution in [0.2, 0.25) is 0 Å². The lowest BCUT2D eigenvalue weighted by molar-refractivity contribution is 0.574. The zero-order valence-electron chi connectivity index (χ0n) is 10.8. The molecule has 2 rings (SSSR count). The summed E-state index contributed by atoms with van der Waals surface area (Å²) >= 11 is 3.55. The standard InChI is InChI=1S/C11H17BrN6/c1-4-5-8-11(13)14-16-18(8)6-9-10(12)7(2)15-17(9)3/h4-6,13H2,1-3H3. The molecular formula is C11H17BrN6. The Kier molecular flexibility index (Phi) is 3.70. The first-order valence-electron chi connectivity index (χ1n) is 5.90. The number of nitrogens with zero attached hydrogens (tertiary/aromatic N) is 5. The lowest BCUT2D eigenvalue weighted by Gasteiger charge is -2.07. The molecule has 0 fully saturated rings. The van der Waals surface area contributed by atoms with Crippen LogP contribution in [0, 0.1) is 6.92 Å². The number of aryl methyl sites for hydroxylation is 2. The van der Waals surface area contributed by atoms with E-state index in [1.165, 1.54) is 0 Å². The molecule has 7 heteroatoms. The second kappa shape index (κ2) is 5.09. The van der Waals surface area contributed by atoms with E-state index in [9.17, 15) is 0 Å². The first-order valence-corrected chi connectivity index (χ1v) is 6.69. The Morgan fingerprint density at radius 3 is 2.61 bits per heavy atom. The Morgan fingerprint density at radius 2 is 2.06 bits per heavy atom. The van der Waals surface area contributed by atoms with Gasteiger partial charge in [-0.05, 0) is 29.3 Å². The van der Waals surface area contributed by atoms with Crippen molar-refractivity contribution in [2.24, 2.45) is 7.05 Å². The largest absolute Gasteiger partial charge is 0.381 e. The Balaban J connectivity index is 2.34. The summed E-state index contributed by atoms with van der Waals surface area (Å²) in [4.78, 5) is 0. The molecule has 0 amide bonds. The number of aromatic nitrogens is 5. The van der Waals surface area contributed by atoms with Crippen LogP contribution in [-0.4, -0.2) is 24.8 Å². The van der Waals surface area contributed by atoms with Crippen LogP contribution in [0.3, 0.4) is 0 Å².